The molecule has 0 aliphatic heterocycles. The molecular weight excluding hydrogens is 658 g/mol. The van der Waals surface area contributed by atoms with Gasteiger partial charge in [-0.15, -0.1) is 4.20 Å². The van der Waals surface area contributed by atoms with E-state index in [1.807, 2.05) is 60.7 Å². The van der Waals surface area contributed by atoms with Crippen molar-refractivity contribution in [2.45, 2.75) is 77.0 Å². The summed E-state index contributed by atoms with van der Waals surface area (Å²) in [5.74, 6) is 0.946. The molecule has 4 heteroatoms. The molecule has 0 aliphatic carbocycles. The molecule has 0 fully saturated rings. The lowest BCUT2D eigenvalue weighted by Crippen LogP contribution is -2.24. The molecule has 0 heterocycles. The Bertz CT molecular complexity index is 1940. The maximum Gasteiger partial charge on any atom is 0.505 e. The van der Waals surface area contributed by atoms with Crippen LogP contribution in [0.5, 0.6) is 11.5 Å². The van der Waals surface area contributed by atoms with E-state index < -0.39 is 19.5 Å². The lowest BCUT2D eigenvalue weighted by Gasteiger charge is -2.33. The molecule has 0 unspecified atom stereocenters. The molecule has 0 aliphatic rings. The first-order valence-corrected chi connectivity index (χ1v) is 19.1. The Labute approximate surface area is 311 Å². The first kappa shape index (κ1) is 37.1. The normalized spacial score (nSPS) is 12.5. The van der Waals surface area contributed by atoms with Crippen LogP contribution in [0.1, 0.15) is 99.9 Å². The fourth-order valence-electron chi connectivity index (χ4n) is 7.21. The number of rotatable bonds is 12. The number of halogens is 1. The van der Waals surface area contributed by atoms with Gasteiger partial charge in [0.25, 0.3) is 0 Å². The zero-order chi connectivity index (χ0) is 37.1. The van der Waals surface area contributed by atoms with Gasteiger partial charge in [0.15, 0.2) is 0 Å². The van der Waals surface area contributed by atoms with Gasteiger partial charge in [-0.1, -0.05) is 201 Å². The molecule has 6 aromatic rings. The fourth-order valence-corrected chi connectivity index (χ4v) is 7.88. The summed E-state index contributed by atoms with van der Waals surface area (Å²) in [6, 6.07) is 53.9. The molecule has 0 saturated carbocycles. The molecule has 0 atom stereocenters. The highest BCUT2D eigenvalue weighted by molar-refractivity contribution is 7.42. The minimum Gasteiger partial charge on any atom is -0.414 e. The Hall–Kier alpha value is -4.72. The lowest BCUT2D eigenvalue weighted by molar-refractivity contribution is 0.423. The molecule has 0 spiro atoms. The van der Waals surface area contributed by atoms with Crippen LogP contribution in [0.4, 0.5) is 4.20 Å². The summed E-state index contributed by atoms with van der Waals surface area (Å²) in [5.41, 5.74) is 7.14. The van der Waals surface area contributed by atoms with E-state index in [-0.39, 0.29) is 10.8 Å². The highest BCUT2D eigenvalue weighted by Crippen LogP contribution is 2.50. The molecular formula is C48H50FO2P. The van der Waals surface area contributed by atoms with Gasteiger partial charge in [-0.3, -0.25) is 0 Å². The summed E-state index contributed by atoms with van der Waals surface area (Å²) >= 11 is 0. The minimum atomic E-state index is -2.86. The lowest BCUT2D eigenvalue weighted by atomic mass is 9.73. The van der Waals surface area contributed by atoms with E-state index in [1.165, 1.54) is 11.1 Å². The molecule has 6 aromatic carbocycles. The van der Waals surface area contributed by atoms with Crippen LogP contribution < -0.4 is 9.05 Å². The molecule has 0 amide bonds. The van der Waals surface area contributed by atoms with Crippen molar-refractivity contribution in [2.24, 2.45) is 0 Å². The average molecular weight is 709 g/mol. The predicted octanol–water partition coefficient (Wildman–Crippen LogP) is 13.6. The zero-order valence-electron chi connectivity index (χ0n) is 31.7. The summed E-state index contributed by atoms with van der Waals surface area (Å²) in [7, 11) is -2.86. The Morgan fingerprint density at radius 3 is 0.904 bits per heavy atom. The maximum absolute atomic E-state index is 16.5. The SMILES string of the molecule is CC(C)(c1ccccc1)c1ccc(OP(F)Oc2ccc(C(C)(C)c3ccccc3)cc2C(C)(C)c2ccccc2)c(C(C)(C)c2ccccc2)c1. The van der Waals surface area contributed by atoms with Gasteiger partial charge in [0.1, 0.15) is 11.5 Å². The predicted molar refractivity (Wildman–Crippen MR) is 216 cm³/mol. The topological polar surface area (TPSA) is 18.5 Å². The second-order valence-electron chi connectivity index (χ2n) is 15.8. The number of hydrogen-bond acceptors (Lipinski definition) is 2. The van der Waals surface area contributed by atoms with E-state index in [0.29, 0.717) is 11.5 Å². The Kier molecular flexibility index (Phi) is 10.5. The Balaban J connectivity index is 1.40. The standard InChI is InChI=1S/C48H50FO2P/c1-45(2,35-21-13-9-14-22-35)39-29-31-43(41(33-39)47(5,6)37-25-17-11-18-26-37)50-52(49)51-44-32-30-40(46(3,4)36-23-15-10-16-24-36)34-42(44)48(7,8)38-27-19-12-20-28-38/h9-34H,1-8H3. The second kappa shape index (κ2) is 14.7. The molecule has 2 nitrogen and oxygen atoms in total. The first-order chi connectivity index (χ1) is 24.7. The van der Waals surface area contributed by atoms with Crippen molar-refractivity contribution in [3.05, 3.63) is 202 Å². The van der Waals surface area contributed by atoms with Gasteiger partial charge in [0.05, 0.1) is 0 Å². The van der Waals surface area contributed by atoms with Crippen molar-refractivity contribution in [2.75, 3.05) is 0 Å². The van der Waals surface area contributed by atoms with Gasteiger partial charge in [0.2, 0.25) is 0 Å². The third-order valence-corrected chi connectivity index (χ3v) is 11.8. The molecule has 0 aromatic heterocycles. The number of benzene rings is 6. The summed E-state index contributed by atoms with van der Waals surface area (Å²) in [4.78, 5) is 0. The molecule has 0 saturated heterocycles. The van der Waals surface area contributed by atoms with Crippen LogP contribution in [0, 0.1) is 0 Å². The van der Waals surface area contributed by atoms with Crippen LogP contribution in [-0.2, 0) is 21.7 Å². The highest BCUT2D eigenvalue weighted by Gasteiger charge is 2.34. The highest BCUT2D eigenvalue weighted by atomic mass is 31.2. The summed E-state index contributed by atoms with van der Waals surface area (Å²) in [6.45, 7) is 17.6. The van der Waals surface area contributed by atoms with Gasteiger partial charge in [0, 0.05) is 32.8 Å². The van der Waals surface area contributed by atoms with E-state index in [0.717, 1.165) is 33.4 Å². The van der Waals surface area contributed by atoms with Gasteiger partial charge in [-0.05, 0) is 45.5 Å². The molecule has 0 radical (unpaired) electrons. The van der Waals surface area contributed by atoms with Crippen LogP contribution in [0.25, 0.3) is 0 Å². The average Bonchev–Trinajstić information content (AvgIpc) is 3.16. The summed E-state index contributed by atoms with van der Waals surface area (Å²) < 4.78 is 29.0. The van der Waals surface area contributed by atoms with Gasteiger partial charge < -0.3 is 9.05 Å². The van der Waals surface area contributed by atoms with Gasteiger partial charge >= 0.3 is 8.69 Å². The van der Waals surface area contributed by atoms with E-state index in [2.05, 4.69) is 152 Å². The smallest absolute Gasteiger partial charge is 0.414 e. The van der Waals surface area contributed by atoms with Crippen LogP contribution >= 0.6 is 8.69 Å². The zero-order valence-corrected chi connectivity index (χ0v) is 32.5. The summed E-state index contributed by atoms with van der Waals surface area (Å²) in [5, 5.41) is 0. The molecule has 266 valence electrons. The van der Waals surface area contributed by atoms with E-state index in [4.69, 9.17) is 9.05 Å². The Morgan fingerprint density at radius 1 is 0.346 bits per heavy atom. The van der Waals surface area contributed by atoms with Gasteiger partial charge in [-0.25, -0.2) is 0 Å². The largest absolute Gasteiger partial charge is 0.505 e. The minimum absolute atomic E-state index is 0.286. The monoisotopic (exact) mass is 708 g/mol. The van der Waals surface area contributed by atoms with Crippen molar-refractivity contribution in [3.63, 3.8) is 0 Å². The van der Waals surface area contributed by atoms with Gasteiger partial charge in [-0.2, -0.15) is 0 Å². The molecule has 6 rings (SSSR count). The van der Waals surface area contributed by atoms with Crippen LogP contribution in [0.15, 0.2) is 158 Å². The fraction of sp³-hybridized carbons (Fsp3) is 0.250. The first-order valence-electron chi connectivity index (χ1n) is 18.1. The van der Waals surface area contributed by atoms with E-state index in [9.17, 15) is 0 Å². The Morgan fingerprint density at radius 2 is 0.615 bits per heavy atom. The molecule has 0 bridgehead atoms. The van der Waals surface area contributed by atoms with E-state index in [1.54, 1.807) is 0 Å². The van der Waals surface area contributed by atoms with Crippen molar-refractivity contribution in [1.29, 1.82) is 0 Å². The molecule has 52 heavy (non-hydrogen) atoms. The van der Waals surface area contributed by atoms with Crippen molar-refractivity contribution < 1.29 is 13.2 Å². The maximum atomic E-state index is 16.5. The van der Waals surface area contributed by atoms with E-state index >= 15 is 4.20 Å². The third-order valence-electron chi connectivity index (χ3n) is 11.1. The van der Waals surface area contributed by atoms with Crippen LogP contribution in [0.2, 0.25) is 0 Å². The van der Waals surface area contributed by atoms with Crippen LogP contribution in [-0.4, -0.2) is 0 Å². The third kappa shape index (κ3) is 7.43. The summed E-state index contributed by atoms with van der Waals surface area (Å²) in [6.07, 6.45) is 0. The quantitative estimate of drug-likeness (QED) is 0.118. The van der Waals surface area contributed by atoms with Crippen LogP contribution in [0.3, 0.4) is 0 Å². The second-order valence-corrected chi connectivity index (χ2v) is 16.6. The molecule has 0 N–H and O–H groups in total. The van der Waals surface area contributed by atoms with Crippen molar-refractivity contribution >= 4 is 8.69 Å². The van der Waals surface area contributed by atoms with Crippen molar-refractivity contribution in [1.82, 2.24) is 0 Å². The van der Waals surface area contributed by atoms with Crippen molar-refractivity contribution in [3.8, 4) is 11.5 Å². The number of hydrogen-bond donors (Lipinski definition) is 0.